The predicted octanol–water partition coefficient (Wildman–Crippen LogP) is 1.47. The van der Waals surface area contributed by atoms with Gasteiger partial charge in [-0.25, -0.2) is 0 Å². The number of aliphatic hydroxyl groups excluding tert-OH is 3. The van der Waals surface area contributed by atoms with Crippen LogP contribution in [-0.4, -0.2) is 25.5 Å². The molecule has 5 N–H and O–H groups in total. The van der Waals surface area contributed by atoms with E-state index in [4.69, 9.17) is 0 Å². The van der Waals surface area contributed by atoms with Crippen molar-refractivity contribution in [2.45, 2.75) is 33.2 Å². The number of benzene rings is 2. The van der Waals surface area contributed by atoms with Crippen LogP contribution in [0.2, 0.25) is 0 Å². The number of hydrogen-bond donors (Lipinski definition) is 5. The summed E-state index contributed by atoms with van der Waals surface area (Å²) in [6.07, 6.45) is 0.229. The molecule has 0 aromatic heterocycles. The first-order valence-electron chi connectivity index (χ1n) is 6.97. The van der Waals surface area contributed by atoms with E-state index in [1.807, 2.05) is 6.92 Å². The van der Waals surface area contributed by atoms with Crippen LogP contribution in [0.4, 0.5) is 0 Å². The van der Waals surface area contributed by atoms with E-state index in [9.17, 15) is 25.5 Å². The number of phenols is 2. The van der Waals surface area contributed by atoms with Gasteiger partial charge in [-0.15, -0.1) is 0 Å². The Morgan fingerprint density at radius 2 is 1.14 bits per heavy atom. The lowest BCUT2D eigenvalue weighted by Crippen LogP contribution is -1.99. The van der Waals surface area contributed by atoms with E-state index in [-0.39, 0.29) is 37.7 Å². The van der Waals surface area contributed by atoms with Crippen LogP contribution in [0.3, 0.4) is 0 Å². The van der Waals surface area contributed by atoms with Crippen molar-refractivity contribution in [3.8, 4) is 11.5 Å². The molecule has 0 bridgehead atoms. The van der Waals surface area contributed by atoms with Crippen molar-refractivity contribution in [2.24, 2.45) is 0 Å². The molecule has 22 heavy (non-hydrogen) atoms. The average Bonchev–Trinajstić information content (AvgIpc) is 2.52. The van der Waals surface area contributed by atoms with Crippen molar-refractivity contribution in [2.75, 3.05) is 0 Å². The zero-order valence-corrected chi connectivity index (χ0v) is 12.4. The molecule has 2 rings (SSSR count). The van der Waals surface area contributed by atoms with Crippen LogP contribution in [0, 0.1) is 6.92 Å². The Balaban J connectivity index is 2.49. The SMILES string of the molecule is Cc1cc(CO)c(O)c(Cc2cc(CO)cc(CO)c2O)c1. The van der Waals surface area contributed by atoms with Crippen LogP contribution in [0.25, 0.3) is 0 Å². The van der Waals surface area contributed by atoms with Gasteiger partial charge in [-0.05, 0) is 35.7 Å². The molecule has 0 aliphatic heterocycles. The van der Waals surface area contributed by atoms with Crippen molar-refractivity contribution >= 4 is 0 Å². The van der Waals surface area contributed by atoms with Gasteiger partial charge in [-0.1, -0.05) is 17.7 Å². The molecule has 0 aliphatic rings. The molecule has 0 spiro atoms. The molecule has 118 valence electrons. The molecule has 0 fully saturated rings. The minimum atomic E-state index is -0.339. The predicted molar refractivity (Wildman–Crippen MR) is 81.5 cm³/mol. The summed E-state index contributed by atoms with van der Waals surface area (Å²) in [6, 6.07) is 6.64. The fraction of sp³-hybridized carbons (Fsp3) is 0.294. The minimum absolute atomic E-state index is 0.00699. The maximum Gasteiger partial charge on any atom is 0.124 e. The highest BCUT2D eigenvalue weighted by Gasteiger charge is 2.14. The van der Waals surface area contributed by atoms with Gasteiger partial charge in [0.1, 0.15) is 11.5 Å². The Bertz CT molecular complexity index is 679. The fourth-order valence-corrected chi connectivity index (χ4v) is 2.57. The first-order valence-corrected chi connectivity index (χ1v) is 6.97. The molecule has 0 saturated heterocycles. The molecular formula is C17H20O5. The second-order valence-corrected chi connectivity index (χ2v) is 5.35. The van der Waals surface area contributed by atoms with Crippen molar-refractivity contribution in [1.82, 2.24) is 0 Å². The van der Waals surface area contributed by atoms with E-state index in [2.05, 4.69) is 0 Å². The summed E-state index contributed by atoms with van der Waals surface area (Å²) in [5.41, 5.74) is 3.29. The third-order valence-corrected chi connectivity index (χ3v) is 3.64. The highest BCUT2D eigenvalue weighted by Crippen LogP contribution is 2.32. The topological polar surface area (TPSA) is 101 Å². The van der Waals surface area contributed by atoms with Gasteiger partial charge in [0, 0.05) is 17.5 Å². The Hall–Kier alpha value is -2.08. The monoisotopic (exact) mass is 304 g/mol. The van der Waals surface area contributed by atoms with Crippen molar-refractivity contribution in [3.63, 3.8) is 0 Å². The maximum absolute atomic E-state index is 10.2. The van der Waals surface area contributed by atoms with Crippen LogP contribution in [-0.2, 0) is 26.2 Å². The number of hydrogen-bond acceptors (Lipinski definition) is 5. The van der Waals surface area contributed by atoms with E-state index < -0.39 is 0 Å². The third kappa shape index (κ3) is 3.22. The molecule has 0 saturated carbocycles. The Kier molecular flexibility index (Phi) is 5.03. The quantitative estimate of drug-likeness (QED) is 0.576. The van der Waals surface area contributed by atoms with Crippen molar-refractivity contribution < 1.29 is 25.5 Å². The fourth-order valence-electron chi connectivity index (χ4n) is 2.57. The van der Waals surface area contributed by atoms with Crippen LogP contribution in [0.15, 0.2) is 24.3 Å². The normalized spacial score (nSPS) is 10.9. The van der Waals surface area contributed by atoms with Gasteiger partial charge in [0.05, 0.1) is 19.8 Å². The number of rotatable bonds is 5. The average molecular weight is 304 g/mol. The summed E-state index contributed by atoms with van der Waals surface area (Å²) in [5, 5.41) is 48.2. The summed E-state index contributed by atoms with van der Waals surface area (Å²) in [4.78, 5) is 0. The van der Waals surface area contributed by atoms with Gasteiger partial charge in [-0.3, -0.25) is 0 Å². The summed E-state index contributed by atoms with van der Waals surface area (Å²) in [6.45, 7) is 1.03. The van der Waals surface area contributed by atoms with E-state index in [0.717, 1.165) is 5.56 Å². The maximum atomic E-state index is 10.2. The summed E-state index contributed by atoms with van der Waals surface area (Å²) in [7, 11) is 0. The standard InChI is InChI=1S/C17H20O5/c1-10-2-12(16(21)14(3-10)8-19)6-13-4-11(7-18)5-15(9-20)17(13)22/h2-5,18-22H,6-9H2,1H3. The van der Waals surface area contributed by atoms with Crippen molar-refractivity contribution in [1.29, 1.82) is 0 Å². The molecule has 5 heteroatoms. The van der Waals surface area contributed by atoms with E-state index in [0.29, 0.717) is 27.8 Å². The van der Waals surface area contributed by atoms with E-state index >= 15 is 0 Å². The van der Waals surface area contributed by atoms with Crippen molar-refractivity contribution in [3.05, 3.63) is 57.6 Å². The molecule has 0 amide bonds. The zero-order chi connectivity index (χ0) is 16.3. The van der Waals surface area contributed by atoms with Crippen LogP contribution < -0.4 is 0 Å². The lowest BCUT2D eigenvalue weighted by atomic mass is 9.95. The van der Waals surface area contributed by atoms with Gasteiger partial charge in [-0.2, -0.15) is 0 Å². The first-order chi connectivity index (χ1) is 10.5. The summed E-state index contributed by atoms with van der Waals surface area (Å²) >= 11 is 0. The Morgan fingerprint density at radius 3 is 1.68 bits per heavy atom. The van der Waals surface area contributed by atoms with Gasteiger partial charge in [0.2, 0.25) is 0 Å². The highest BCUT2D eigenvalue weighted by atomic mass is 16.3. The molecule has 5 nitrogen and oxygen atoms in total. The van der Waals surface area contributed by atoms with Gasteiger partial charge in [0.25, 0.3) is 0 Å². The first kappa shape index (κ1) is 16.3. The second kappa shape index (κ2) is 6.79. The highest BCUT2D eigenvalue weighted by molar-refractivity contribution is 5.50. The van der Waals surface area contributed by atoms with Gasteiger partial charge < -0.3 is 25.5 Å². The molecule has 0 radical (unpaired) electrons. The molecule has 0 heterocycles. The van der Waals surface area contributed by atoms with Crippen LogP contribution >= 0.6 is 0 Å². The van der Waals surface area contributed by atoms with Gasteiger partial charge >= 0.3 is 0 Å². The Morgan fingerprint density at radius 1 is 0.682 bits per heavy atom. The van der Waals surface area contributed by atoms with Gasteiger partial charge in [0.15, 0.2) is 0 Å². The largest absolute Gasteiger partial charge is 0.507 e. The summed E-state index contributed by atoms with van der Waals surface area (Å²) in [5.74, 6) is -0.0568. The number of aryl methyl sites for hydroxylation is 1. The van der Waals surface area contributed by atoms with Crippen LogP contribution in [0.1, 0.15) is 33.4 Å². The molecule has 2 aromatic carbocycles. The lowest BCUT2D eigenvalue weighted by Gasteiger charge is -2.14. The third-order valence-electron chi connectivity index (χ3n) is 3.64. The molecule has 0 atom stereocenters. The molecule has 2 aromatic rings. The molecule has 0 unspecified atom stereocenters. The van der Waals surface area contributed by atoms with E-state index in [1.54, 1.807) is 18.2 Å². The van der Waals surface area contributed by atoms with Crippen LogP contribution in [0.5, 0.6) is 11.5 Å². The Labute approximate surface area is 128 Å². The minimum Gasteiger partial charge on any atom is -0.507 e. The summed E-state index contributed by atoms with van der Waals surface area (Å²) < 4.78 is 0. The zero-order valence-electron chi connectivity index (χ0n) is 12.4. The second-order valence-electron chi connectivity index (χ2n) is 5.35. The number of aromatic hydroxyl groups is 2. The number of aliphatic hydroxyl groups is 3. The smallest absolute Gasteiger partial charge is 0.124 e. The van der Waals surface area contributed by atoms with E-state index in [1.165, 1.54) is 6.07 Å². The molecular weight excluding hydrogens is 284 g/mol. The lowest BCUT2D eigenvalue weighted by molar-refractivity contribution is 0.270. The molecule has 0 aliphatic carbocycles.